The summed E-state index contributed by atoms with van der Waals surface area (Å²) in [7, 11) is 0. The second-order valence-electron chi connectivity index (χ2n) is 3.36. The molecular formula is C10H8F4O3. The molecule has 1 rings (SSSR count). The molecule has 0 heterocycles. The molecule has 0 radical (unpaired) electrons. The standard InChI is InChI=1S/C10H8F4O3/c11-7-2-1-6(10(12,13)14)3-5(7)4-8(15)9(16)17/h1-3,8,15H,4H2,(H,16,17). The van der Waals surface area contributed by atoms with Crippen molar-refractivity contribution in [3.05, 3.63) is 35.1 Å². The number of aliphatic carboxylic acids is 1. The van der Waals surface area contributed by atoms with Gasteiger partial charge in [0.2, 0.25) is 0 Å². The molecule has 0 saturated heterocycles. The molecule has 0 aliphatic heterocycles. The minimum absolute atomic E-state index is 0.488. The number of halogens is 4. The van der Waals surface area contributed by atoms with E-state index in [1.54, 1.807) is 0 Å². The predicted molar refractivity (Wildman–Crippen MR) is 48.7 cm³/mol. The molecule has 0 spiro atoms. The van der Waals surface area contributed by atoms with E-state index in [0.29, 0.717) is 18.2 Å². The van der Waals surface area contributed by atoms with Gasteiger partial charge in [-0.3, -0.25) is 0 Å². The van der Waals surface area contributed by atoms with E-state index in [-0.39, 0.29) is 0 Å². The third-order valence-corrected chi connectivity index (χ3v) is 2.07. The minimum atomic E-state index is -4.64. The zero-order valence-electron chi connectivity index (χ0n) is 8.33. The molecule has 1 aromatic rings. The number of alkyl halides is 3. The van der Waals surface area contributed by atoms with Crippen LogP contribution in [-0.2, 0) is 17.4 Å². The summed E-state index contributed by atoms with van der Waals surface area (Å²) in [6, 6.07) is 1.63. The van der Waals surface area contributed by atoms with Crippen molar-refractivity contribution in [2.45, 2.75) is 18.7 Å². The van der Waals surface area contributed by atoms with E-state index >= 15 is 0 Å². The summed E-state index contributed by atoms with van der Waals surface area (Å²) < 4.78 is 50.0. The van der Waals surface area contributed by atoms with Gasteiger partial charge in [0.05, 0.1) is 5.56 Å². The summed E-state index contributed by atoms with van der Waals surface area (Å²) in [6.45, 7) is 0. The first-order valence-corrected chi connectivity index (χ1v) is 4.48. The van der Waals surface area contributed by atoms with E-state index in [4.69, 9.17) is 10.2 Å². The van der Waals surface area contributed by atoms with Crippen LogP contribution in [0.15, 0.2) is 18.2 Å². The first kappa shape index (κ1) is 13.4. The molecule has 17 heavy (non-hydrogen) atoms. The number of carbonyl (C=O) groups is 1. The van der Waals surface area contributed by atoms with Crippen molar-refractivity contribution >= 4 is 5.97 Å². The summed E-state index contributed by atoms with van der Waals surface area (Å²) in [5, 5.41) is 17.3. The summed E-state index contributed by atoms with van der Waals surface area (Å²) in [5.41, 5.74) is -1.58. The van der Waals surface area contributed by atoms with Crippen LogP contribution in [0.25, 0.3) is 0 Å². The molecule has 0 saturated carbocycles. The number of carboxylic acids is 1. The number of rotatable bonds is 3. The highest BCUT2D eigenvalue weighted by molar-refractivity contribution is 5.72. The minimum Gasteiger partial charge on any atom is -0.479 e. The number of benzene rings is 1. The maximum atomic E-state index is 13.1. The lowest BCUT2D eigenvalue weighted by atomic mass is 10.0. The van der Waals surface area contributed by atoms with Crippen LogP contribution in [0.2, 0.25) is 0 Å². The fraction of sp³-hybridized carbons (Fsp3) is 0.300. The fourth-order valence-electron chi connectivity index (χ4n) is 1.20. The maximum Gasteiger partial charge on any atom is 0.416 e. The summed E-state index contributed by atoms with van der Waals surface area (Å²) in [5.74, 6) is -2.61. The van der Waals surface area contributed by atoms with Gasteiger partial charge in [-0.2, -0.15) is 13.2 Å². The molecule has 1 atom stereocenters. The topological polar surface area (TPSA) is 57.5 Å². The Bertz CT molecular complexity index is 428. The molecule has 3 nitrogen and oxygen atoms in total. The van der Waals surface area contributed by atoms with Crippen LogP contribution < -0.4 is 0 Å². The molecule has 1 unspecified atom stereocenters. The number of hydrogen-bond donors (Lipinski definition) is 2. The molecular weight excluding hydrogens is 244 g/mol. The van der Waals surface area contributed by atoms with Crippen molar-refractivity contribution in [2.24, 2.45) is 0 Å². The van der Waals surface area contributed by atoms with Crippen LogP contribution in [-0.4, -0.2) is 22.3 Å². The zero-order valence-corrected chi connectivity index (χ0v) is 8.33. The van der Waals surface area contributed by atoms with Gasteiger partial charge in [-0.15, -0.1) is 0 Å². The number of carboxylic acid groups (broad SMARTS) is 1. The normalized spacial score (nSPS) is 13.5. The first-order valence-electron chi connectivity index (χ1n) is 4.48. The Kier molecular flexibility index (Phi) is 3.72. The second kappa shape index (κ2) is 4.70. The lowest BCUT2D eigenvalue weighted by Gasteiger charge is -2.11. The number of hydrogen-bond acceptors (Lipinski definition) is 2. The van der Waals surface area contributed by atoms with Crippen molar-refractivity contribution in [1.29, 1.82) is 0 Å². The second-order valence-corrected chi connectivity index (χ2v) is 3.36. The maximum absolute atomic E-state index is 13.1. The highest BCUT2D eigenvalue weighted by atomic mass is 19.4. The Labute approximate surface area is 93.3 Å². The third kappa shape index (κ3) is 3.42. The quantitative estimate of drug-likeness (QED) is 0.807. The van der Waals surface area contributed by atoms with Crippen molar-refractivity contribution in [2.75, 3.05) is 0 Å². The summed E-state index contributed by atoms with van der Waals surface area (Å²) >= 11 is 0. The average molecular weight is 252 g/mol. The molecule has 0 bridgehead atoms. The van der Waals surface area contributed by atoms with Crippen LogP contribution in [0.3, 0.4) is 0 Å². The van der Waals surface area contributed by atoms with Gasteiger partial charge in [0.15, 0.2) is 6.10 Å². The van der Waals surface area contributed by atoms with Gasteiger partial charge in [-0.1, -0.05) is 0 Å². The van der Waals surface area contributed by atoms with E-state index in [0.717, 1.165) is 0 Å². The van der Waals surface area contributed by atoms with Gasteiger partial charge in [-0.25, -0.2) is 9.18 Å². The third-order valence-electron chi connectivity index (χ3n) is 2.07. The van der Waals surface area contributed by atoms with Crippen LogP contribution in [0.5, 0.6) is 0 Å². The van der Waals surface area contributed by atoms with Crippen molar-refractivity contribution in [3.63, 3.8) is 0 Å². The van der Waals surface area contributed by atoms with Gasteiger partial charge in [0, 0.05) is 6.42 Å². The van der Waals surface area contributed by atoms with Crippen LogP contribution >= 0.6 is 0 Å². The van der Waals surface area contributed by atoms with Gasteiger partial charge in [-0.05, 0) is 23.8 Å². The van der Waals surface area contributed by atoms with Gasteiger partial charge >= 0.3 is 12.1 Å². The SMILES string of the molecule is O=C(O)C(O)Cc1cc(C(F)(F)F)ccc1F. The molecule has 0 amide bonds. The average Bonchev–Trinajstić information content (AvgIpc) is 2.19. The van der Waals surface area contributed by atoms with Crippen molar-refractivity contribution in [3.8, 4) is 0 Å². The van der Waals surface area contributed by atoms with Crippen LogP contribution in [0.4, 0.5) is 17.6 Å². The van der Waals surface area contributed by atoms with Crippen LogP contribution in [0, 0.1) is 5.82 Å². The van der Waals surface area contributed by atoms with Crippen molar-refractivity contribution in [1.82, 2.24) is 0 Å². The van der Waals surface area contributed by atoms with Gasteiger partial charge in [0.1, 0.15) is 5.82 Å². The number of aliphatic hydroxyl groups excluding tert-OH is 1. The molecule has 7 heteroatoms. The van der Waals surface area contributed by atoms with E-state index in [1.807, 2.05) is 0 Å². The predicted octanol–water partition coefficient (Wildman–Crippen LogP) is 1.83. The molecule has 0 aliphatic rings. The smallest absolute Gasteiger partial charge is 0.416 e. The van der Waals surface area contributed by atoms with Crippen LogP contribution in [0.1, 0.15) is 11.1 Å². The highest BCUT2D eigenvalue weighted by Crippen LogP contribution is 2.30. The molecule has 0 aliphatic carbocycles. The van der Waals surface area contributed by atoms with E-state index in [1.165, 1.54) is 0 Å². The first-order chi connectivity index (χ1) is 7.71. The van der Waals surface area contributed by atoms with Gasteiger partial charge in [0.25, 0.3) is 0 Å². The lowest BCUT2D eigenvalue weighted by Crippen LogP contribution is -2.22. The highest BCUT2D eigenvalue weighted by Gasteiger charge is 2.31. The summed E-state index contributed by atoms with van der Waals surface area (Å²) in [4.78, 5) is 10.3. The molecule has 1 aromatic carbocycles. The molecule has 94 valence electrons. The largest absolute Gasteiger partial charge is 0.479 e. The lowest BCUT2D eigenvalue weighted by molar-refractivity contribution is -0.146. The fourth-order valence-corrected chi connectivity index (χ4v) is 1.20. The van der Waals surface area contributed by atoms with E-state index < -0.39 is 41.6 Å². The zero-order chi connectivity index (χ0) is 13.2. The van der Waals surface area contributed by atoms with Crippen molar-refractivity contribution < 1.29 is 32.6 Å². The molecule has 0 aromatic heterocycles. The van der Waals surface area contributed by atoms with E-state index in [9.17, 15) is 22.4 Å². The Morgan fingerprint density at radius 2 is 1.94 bits per heavy atom. The van der Waals surface area contributed by atoms with Gasteiger partial charge < -0.3 is 10.2 Å². The summed E-state index contributed by atoms with van der Waals surface area (Å²) in [6.07, 6.45) is -7.30. The Hall–Kier alpha value is -1.63. The molecule has 2 N–H and O–H groups in total. The Morgan fingerprint density at radius 3 is 2.41 bits per heavy atom. The number of aliphatic hydroxyl groups is 1. The molecule has 0 fully saturated rings. The Morgan fingerprint density at radius 1 is 1.35 bits per heavy atom. The van der Waals surface area contributed by atoms with E-state index in [2.05, 4.69) is 0 Å². The Balaban J connectivity index is 3.03. The monoisotopic (exact) mass is 252 g/mol.